The molecule has 0 spiro atoms. The lowest BCUT2D eigenvalue weighted by atomic mass is 10.3. The number of aryl methyl sites for hydroxylation is 1. The fourth-order valence-electron chi connectivity index (χ4n) is 2.34. The van der Waals surface area contributed by atoms with Crippen molar-refractivity contribution in [2.75, 3.05) is 5.32 Å². The molecule has 0 aliphatic rings. The van der Waals surface area contributed by atoms with E-state index < -0.39 is 0 Å². The Labute approximate surface area is 130 Å². The van der Waals surface area contributed by atoms with Crippen molar-refractivity contribution in [2.45, 2.75) is 6.92 Å². The smallest absolute Gasteiger partial charge is 0.263 e. The van der Waals surface area contributed by atoms with E-state index >= 15 is 0 Å². The van der Waals surface area contributed by atoms with Crippen molar-refractivity contribution in [3.63, 3.8) is 0 Å². The van der Waals surface area contributed by atoms with Crippen LogP contribution in [0, 0.1) is 6.92 Å². The van der Waals surface area contributed by atoms with Gasteiger partial charge in [0.2, 0.25) is 5.95 Å². The highest BCUT2D eigenvalue weighted by Gasteiger charge is 2.12. The summed E-state index contributed by atoms with van der Waals surface area (Å²) >= 11 is 0. The van der Waals surface area contributed by atoms with Crippen LogP contribution in [0.15, 0.2) is 47.5 Å². The van der Waals surface area contributed by atoms with Crippen molar-refractivity contribution in [2.24, 2.45) is 0 Å². The highest BCUT2D eigenvalue weighted by molar-refractivity contribution is 5.76. The van der Waals surface area contributed by atoms with Gasteiger partial charge in [-0.2, -0.15) is 15.2 Å². The molecular weight excluding hydrogens is 294 g/mol. The van der Waals surface area contributed by atoms with E-state index in [9.17, 15) is 4.79 Å². The van der Waals surface area contributed by atoms with Gasteiger partial charge in [0.25, 0.3) is 5.56 Å². The zero-order chi connectivity index (χ0) is 15.8. The number of nitrogens with zero attached hydrogens (tertiary/aromatic N) is 4. The number of hydrogen-bond acceptors (Lipinski definition) is 5. The summed E-state index contributed by atoms with van der Waals surface area (Å²) < 4.78 is 1.64. The number of nitrogens with one attached hydrogen (secondary N) is 3. The summed E-state index contributed by atoms with van der Waals surface area (Å²) in [6.07, 6.45) is 3.15. The highest BCUT2D eigenvalue weighted by atomic mass is 16.1. The third-order valence-electron chi connectivity index (χ3n) is 3.52. The lowest BCUT2D eigenvalue weighted by molar-refractivity contribution is 0.895. The van der Waals surface area contributed by atoms with Crippen LogP contribution in [0.25, 0.3) is 16.7 Å². The zero-order valence-electron chi connectivity index (χ0n) is 12.2. The maximum Gasteiger partial charge on any atom is 0.263 e. The van der Waals surface area contributed by atoms with E-state index in [-0.39, 0.29) is 5.56 Å². The quantitative estimate of drug-likeness (QED) is 0.536. The standard InChI is InChI=1S/C15H13N7O/c1-9-12(8-16-21-9)18-15-19-13-11(14(23)20-15)7-17-22(13)10-5-3-2-4-6-10/h2-8H,1H3,(H,16,21)(H2,18,19,20,23). The third kappa shape index (κ3) is 2.26. The molecule has 0 saturated heterocycles. The van der Waals surface area contributed by atoms with Crippen LogP contribution in [0.2, 0.25) is 0 Å². The number of rotatable bonds is 3. The molecular formula is C15H13N7O. The van der Waals surface area contributed by atoms with Crippen LogP contribution in [0.4, 0.5) is 11.6 Å². The van der Waals surface area contributed by atoms with E-state index in [1.165, 1.54) is 6.20 Å². The molecule has 3 heterocycles. The minimum atomic E-state index is -0.249. The van der Waals surface area contributed by atoms with Gasteiger partial charge >= 0.3 is 0 Å². The number of aromatic nitrogens is 6. The van der Waals surface area contributed by atoms with Gasteiger partial charge in [-0.25, -0.2) is 4.68 Å². The number of hydrogen-bond donors (Lipinski definition) is 3. The minimum absolute atomic E-state index is 0.249. The van der Waals surface area contributed by atoms with E-state index in [2.05, 4.69) is 30.6 Å². The number of aromatic amines is 2. The molecule has 0 unspecified atom stereocenters. The molecule has 0 atom stereocenters. The van der Waals surface area contributed by atoms with E-state index in [0.29, 0.717) is 17.0 Å². The second-order valence-corrected chi connectivity index (χ2v) is 5.08. The zero-order valence-corrected chi connectivity index (χ0v) is 12.2. The number of fused-ring (bicyclic) bond motifs is 1. The van der Waals surface area contributed by atoms with Gasteiger partial charge < -0.3 is 5.32 Å². The van der Waals surface area contributed by atoms with Gasteiger partial charge in [0.05, 0.1) is 29.5 Å². The molecule has 1 aromatic carbocycles. The molecule has 8 nitrogen and oxygen atoms in total. The monoisotopic (exact) mass is 307 g/mol. The predicted molar refractivity (Wildman–Crippen MR) is 86.1 cm³/mol. The predicted octanol–water partition coefficient (Wildman–Crippen LogP) is 1.88. The van der Waals surface area contributed by atoms with Crippen LogP contribution in [0.5, 0.6) is 0 Å². The van der Waals surface area contributed by atoms with Crippen molar-refractivity contribution in [3.8, 4) is 5.69 Å². The average Bonchev–Trinajstić information content (AvgIpc) is 3.15. The van der Waals surface area contributed by atoms with Crippen molar-refractivity contribution in [1.82, 2.24) is 29.9 Å². The van der Waals surface area contributed by atoms with Crippen molar-refractivity contribution in [1.29, 1.82) is 0 Å². The first-order valence-corrected chi connectivity index (χ1v) is 7.03. The van der Waals surface area contributed by atoms with Crippen molar-refractivity contribution >= 4 is 22.7 Å². The van der Waals surface area contributed by atoms with Crippen molar-refractivity contribution in [3.05, 3.63) is 58.8 Å². The summed E-state index contributed by atoms with van der Waals surface area (Å²) in [4.78, 5) is 19.4. The molecule has 0 radical (unpaired) electrons. The summed E-state index contributed by atoms with van der Waals surface area (Å²) in [6, 6.07) is 9.55. The van der Waals surface area contributed by atoms with E-state index in [4.69, 9.17) is 0 Å². The summed E-state index contributed by atoms with van der Waals surface area (Å²) in [5.41, 5.74) is 2.68. The first-order valence-electron chi connectivity index (χ1n) is 7.03. The summed E-state index contributed by atoms with van der Waals surface area (Å²) in [5, 5.41) is 14.5. The van der Waals surface area contributed by atoms with Crippen LogP contribution in [-0.4, -0.2) is 29.9 Å². The summed E-state index contributed by atoms with van der Waals surface area (Å²) in [7, 11) is 0. The largest absolute Gasteiger partial charge is 0.323 e. The molecule has 23 heavy (non-hydrogen) atoms. The number of benzene rings is 1. The Hall–Kier alpha value is -3.42. The second-order valence-electron chi connectivity index (χ2n) is 5.08. The topological polar surface area (TPSA) is 104 Å². The second kappa shape index (κ2) is 5.09. The maximum atomic E-state index is 12.2. The fourth-order valence-corrected chi connectivity index (χ4v) is 2.34. The van der Waals surface area contributed by atoms with Gasteiger partial charge in [-0.3, -0.25) is 14.9 Å². The van der Waals surface area contributed by atoms with Crippen LogP contribution >= 0.6 is 0 Å². The normalized spacial score (nSPS) is 11.0. The Bertz CT molecular complexity index is 1030. The minimum Gasteiger partial charge on any atom is -0.323 e. The van der Waals surface area contributed by atoms with Crippen LogP contribution < -0.4 is 10.9 Å². The molecule has 0 bridgehead atoms. The Morgan fingerprint density at radius 1 is 1.17 bits per heavy atom. The Kier molecular flexibility index (Phi) is 2.94. The third-order valence-corrected chi connectivity index (χ3v) is 3.52. The SMILES string of the molecule is Cc1[nH]ncc1Nc1nc2c(cnn2-c2ccccc2)c(=O)[nH]1. The average molecular weight is 307 g/mol. The molecule has 0 saturated carbocycles. The summed E-state index contributed by atoms with van der Waals surface area (Å²) in [6.45, 7) is 1.88. The number of para-hydroxylation sites is 1. The van der Waals surface area contributed by atoms with Crippen LogP contribution in [0.1, 0.15) is 5.69 Å². The lowest BCUT2D eigenvalue weighted by Gasteiger charge is -2.06. The Morgan fingerprint density at radius 2 is 2.00 bits per heavy atom. The van der Waals surface area contributed by atoms with Gasteiger partial charge in [-0.15, -0.1) is 0 Å². The highest BCUT2D eigenvalue weighted by Crippen LogP contribution is 2.18. The van der Waals surface area contributed by atoms with Gasteiger partial charge in [0.15, 0.2) is 5.65 Å². The molecule has 0 aliphatic heterocycles. The summed E-state index contributed by atoms with van der Waals surface area (Å²) in [5.74, 6) is 0.338. The van der Waals surface area contributed by atoms with Gasteiger partial charge in [-0.1, -0.05) is 18.2 Å². The van der Waals surface area contributed by atoms with E-state index in [1.54, 1.807) is 10.9 Å². The van der Waals surface area contributed by atoms with E-state index in [0.717, 1.165) is 17.1 Å². The first-order chi connectivity index (χ1) is 11.2. The van der Waals surface area contributed by atoms with Gasteiger partial charge in [-0.05, 0) is 19.1 Å². The van der Waals surface area contributed by atoms with Gasteiger partial charge in [0.1, 0.15) is 5.39 Å². The molecule has 3 N–H and O–H groups in total. The Balaban J connectivity index is 1.86. The molecule has 0 aliphatic carbocycles. The molecule has 0 amide bonds. The van der Waals surface area contributed by atoms with E-state index in [1.807, 2.05) is 37.3 Å². The molecule has 0 fully saturated rings. The number of H-pyrrole nitrogens is 2. The van der Waals surface area contributed by atoms with Gasteiger partial charge in [0, 0.05) is 0 Å². The molecule has 4 rings (SSSR count). The Morgan fingerprint density at radius 3 is 2.74 bits per heavy atom. The lowest BCUT2D eigenvalue weighted by Crippen LogP contribution is -2.11. The fraction of sp³-hybridized carbons (Fsp3) is 0.0667. The maximum absolute atomic E-state index is 12.2. The van der Waals surface area contributed by atoms with Crippen molar-refractivity contribution < 1.29 is 0 Å². The van der Waals surface area contributed by atoms with Crippen LogP contribution in [0.3, 0.4) is 0 Å². The molecule has 114 valence electrons. The molecule has 3 aromatic heterocycles. The van der Waals surface area contributed by atoms with Crippen LogP contribution in [-0.2, 0) is 0 Å². The molecule has 4 aromatic rings. The number of anilines is 2. The molecule has 8 heteroatoms. The first kappa shape index (κ1) is 13.3.